The summed E-state index contributed by atoms with van der Waals surface area (Å²) in [5.41, 5.74) is 0.137. The molecule has 1 aromatic rings. The minimum absolute atomic E-state index is 0.137. The Morgan fingerprint density at radius 2 is 1.89 bits per heavy atom. The van der Waals surface area contributed by atoms with Crippen LogP contribution in [-0.2, 0) is 4.74 Å². The van der Waals surface area contributed by atoms with E-state index in [1.54, 1.807) is 0 Å². The standard InChI is InChI=1S/C12H11Cl4NO2/c1-17-2-3-19-12(16,6-17)11(18)10-8(14)4-7(13)5-9(10)15/h4-5H,2-3,6H2,1H3. The fraction of sp³-hybridized carbons (Fsp3) is 0.417. The predicted molar refractivity (Wildman–Crippen MR) is 77.8 cm³/mol. The van der Waals surface area contributed by atoms with E-state index in [0.29, 0.717) is 18.2 Å². The van der Waals surface area contributed by atoms with Gasteiger partial charge in [0.25, 0.3) is 0 Å². The number of hydrogen-bond donors (Lipinski definition) is 0. The number of benzene rings is 1. The normalized spacial score (nSPS) is 24.5. The molecule has 1 unspecified atom stereocenters. The topological polar surface area (TPSA) is 29.5 Å². The van der Waals surface area contributed by atoms with Gasteiger partial charge in [-0.15, -0.1) is 0 Å². The summed E-state index contributed by atoms with van der Waals surface area (Å²) in [7, 11) is 1.86. The largest absolute Gasteiger partial charge is 0.350 e. The third-order valence-electron chi connectivity index (χ3n) is 2.85. The van der Waals surface area contributed by atoms with Crippen LogP contribution in [0.2, 0.25) is 15.1 Å². The number of carbonyl (C=O) groups excluding carboxylic acids is 1. The van der Waals surface area contributed by atoms with Crippen LogP contribution in [0.1, 0.15) is 10.4 Å². The number of likely N-dealkylation sites (N-methyl/N-ethyl adjacent to an activating group) is 1. The van der Waals surface area contributed by atoms with Crippen molar-refractivity contribution in [2.45, 2.75) is 5.06 Å². The van der Waals surface area contributed by atoms with Crippen LogP contribution >= 0.6 is 46.4 Å². The quantitative estimate of drug-likeness (QED) is 0.606. The first-order valence-electron chi connectivity index (χ1n) is 5.54. The van der Waals surface area contributed by atoms with Crippen molar-refractivity contribution in [3.63, 3.8) is 0 Å². The summed E-state index contributed by atoms with van der Waals surface area (Å²) in [5, 5.41) is -0.774. The van der Waals surface area contributed by atoms with Gasteiger partial charge in [0.15, 0.2) is 0 Å². The number of rotatable bonds is 2. The highest BCUT2D eigenvalue weighted by Crippen LogP contribution is 2.35. The Morgan fingerprint density at radius 1 is 1.32 bits per heavy atom. The van der Waals surface area contributed by atoms with Crippen molar-refractivity contribution in [2.75, 3.05) is 26.7 Å². The molecule has 0 aromatic heterocycles. The summed E-state index contributed by atoms with van der Waals surface area (Å²) < 4.78 is 5.42. The van der Waals surface area contributed by atoms with Crippen LogP contribution in [0, 0.1) is 0 Å². The maximum Gasteiger partial charge on any atom is 0.217 e. The number of morpholine rings is 1. The van der Waals surface area contributed by atoms with Crippen molar-refractivity contribution in [1.82, 2.24) is 4.90 Å². The number of ketones is 1. The molecule has 2 rings (SSSR count). The van der Waals surface area contributed by atoms with Gasteiger partial charge in [-0.2, -0.15) is 0 Å². The smallest absolute Gasteiger partial charge is 0.217 e. The lowest BCUT2D eigenvalue weighted by Gasteiger charge is -2.35. The first kappa shape index (κ1) is 15.4. The van der Waals surface area contributed by atoms with Crippen LogP contribution in [-0.4, -0.2) is 42.5 Å². The summed E-state index contributed by atoms with van der Waals surface area (Å²) in [5.74, 6) is -0.451. The lowest BCUT2D eigenvalue weighted by atomic mass is 10.0. The van der Waals surface area contributed by atoms with E-state index in [9.17, 15) is 4.79 Å². The molecule has 1 fully saturated rings. The van der Waals surface area contributed by atoms with Gasteiger partial charge in [-0.3, -0.25) is 9.69 Å². The number of carbonyl (C=O) groups is 1. The van der Waals surface area contributed by atoms with Gasteiger partial charge in [0.05, 0.1) is 22.2 Å². The van der Waals surface area contributed by atoms with Gasteiger partial charge in [0, 0.05) is 18.1 Å². The first-order valence-corrected chi connectivity index (χ1v) is 7.05. The molecule has 1 atom stereocenters. The van der Waals surface area contributed by atoms with E-state index in [1.807, 2.05) is 11.9 Å². The molecular formula is C12H11Cl4NO2. The molecule has 0 N–H and O–H groups in total. The van der Waals surface area contributed by atoms with Crippen molar-refractivity contribution in [1.29, 1.82) is 0 Å². The third-order valence-corrected chi connectivity index (χ3v) is 4.06. The van der Waals surface area contributed by atoms with E-state index in [-0.39, 0.29) is 22.2 Å². The minimum atomic E-state index is -1.46. The second-order valence-corrected chi connectivity index (χ2v) is 6.25. The van der Waals surface area contributed by atoms with Crippen molar-refractivity contribution < 1.29 is 9.53 Å². The lowest BCUT2D eigenvalue weighted by molar-refractivity contribution is -0.0320. The number of hydrogen-bond acceptors (Lipinski definition) is 3. The Balaban J connectivity index is 2.39. The first-order chi connectivity index (χ1) is 8.83. The van der Waals surface area contributed by atoms with Crippen LogP contribution in [0.3, 0.4) is 0 Å². The molecule has 0 bridgehead atoms. The monoisotopic (exact) mass is 341 g/mol. The summed E-state index contributed by atoms with van der Waals surface area (Å²) in [6.45, 7) is 1.35. The summed E-state index contributed by atoms with van der Waals surface area (Å²) in [6.07, 6.45) is 0. The molecule has 1 saturated heterocycles. The SMILES string of the molecule is CN1CCOC(Cl)(C(=O)c2c(Cl)cc(Cl)cc2Cl)C1. The predicted octanol–water partition coefficient (Wildman–Crippen LogP) is 3.73. The fourth-order valence-corrected chi connectivity index (χ4v) is 3.28. The Morgan fingerprint density at radius 3 is 2.42 bits per heavy atom. The number of Topliss-reactive ketones (excluding diaryl/α,β-unsaturated/α-hetero) is 1. The molecule has 7 heteroatoms. The van der Waals surface area contributed by atoms with Crippen LogP contribution in [0.15, 0.2) is 12.1 Å². The second-order valence-electron chi connectivity index (χ2n) is 4.39. The maximum atomic E-state index is 12.5. The Bertz CT molecular complexity index is 499. The second kappa shape index (κ2) is 5.76. The molecule has 1 aliphatic rings. The highest BCUT2D eigenvalue weighted by molar-refractivity contribution is 6.46. The summed E-state index contributed by atoms with van der Waals surface area (Å²) in [4.78, 5) is 14.4. The van der Waals surface area contributed by atoms with Gasteiger partial charge >= 0.3 is 0 Å². The van der Waals surface area contributed by atoms with Gasteiger partial charge in [-0.25, -0.2) is 0 Å². The van der Waals surface area contributed by atoms with E-state index < -0.39 is 10.8 Å². The third kappa shape index (κ3) is 3.18. The van der Waals surface area contributed by atoms with Crippen LogP contribution in [0.25, 0.3) is 0 Å². The maximum absolute atomic E-state index is 12.5. The molecule has 19 heavy (non-hydrogen) atoms. The number of alkyl halides is 1. The average molecular weight is 343 g/mol. The number of nitrogens with zero attached hydrogens (tertiary/aromatic N) is 1. The Kier molecular flexibility index (Phi) is 4.66. The molecule has 0 radical (unpaired) electrons. The van der Waals surface area contributed by atoms with Gasteiger partial charge < -0.3 is 4.74 Å². The average Bonchev–Trinajstić information content (AvgIpc) is 2.26. The van der Waals surface area contributed by atoms with E-state index in [0.717, 1.165) is 0 Å². The molecule has 1 aromatic carbocycles. The Labute approximate surface area is 131 Å². The highest BCUT2D eigenvalue weighted by atomic mass is 35.5. The zero-order valence-corrected chi connectivity index (χ0v) is 13.1. The molecule has 3 nitrogen and oxygen atoms in total. The van der Waals surface area contributed by atoms with Crippen molar-refractivity contribution in [3.8, 4) is 0 Å². The van der Waals surface area contributed by atoms with Gasteiger partial charge in [0.2, 0.25) is 10.8 Å². The molecule has 0 amide bonds. The molecule has 1 aliphatic heterocycles. The highest BCUT2D eigenvalue weighted by Gasteiger charge is 2.43. The number of ether oxygens (including phenoxy) is 1. The molecule has 104 valence electrons. The van der Waals surface area contributed by atoms with Gasteiger partial charge in [-0.1, -0.05) is 46.4 Å². The van der Waals surface area contributed by atoms with Crippen LogP contribution in [0.4, 0.5) is 0 Å². The van der Waals surface area contributed by atoms with Crippen LogP contribution in [0.5, 0.6) is 0 Å². The summed E-state index contributed by atoms with van der Waals surface area (Å²) >= 11 is 24.2. The molecule has 0 saturated carbocycles. The van der Waals surface area contributed by atoms with Crippen molar-refractivity contribution in [2.24, 2.45) is 0 Å². The lowest BCUT2D eigenvalue weighted by Crippen LogP contribution is -2.51. The molecular weight excluding hydrogens is 332 g/mol. The van der Waals surface area contributed by atoms with E-state index in [2.05, 4.69) is 0 Å². The van der Waals surface area contributed by atoms with Crippen molar-refractivity contribution >= 4 is 52.2 Å². The van der Waals surface area contributed by atoms with Crippen LogP contribution < -0.4 is 0 Å². The van der Waals surface area contributed by atoms with E-state index in [1.165, 1.54) is 12.1 Å². The fourth-order valence-electron chi connectivity index (χ4n) is 1.92. The molecule has 0 aliphatic carbocycles. The van der Waals surface area contributed by atoms with E-state index >= 15 is 0 Å². The molecule has 1 heterocycles. The van der Waals surface area contributed by atoms with Gasteiger partial charge in [-0.05, 0) is 19.2 Å². The Hall–Kier alpha value is -0.0300. The minimum Gasteiger partial charge on any atom is -0.350 e. The molecule has 0 spiro atoms. The summed E-state index contributed by atoms with van der Waals surface area (Å²) in [6, 6.07) is 2.91. The number of halogens is 4. The van der Waals surface area contributed by atoms with Gasteiger partial charge in [0.1, 0.15) is 0 Å². The van der Waals surface area contributed by atoms with E-state index in [4.69, 9.17) is 51.1 Å². The zero-order valence-electron chi connectivity index (χ0n) is 10.1. The van der Waals surface area contributed by atoms with Crippen molar-refractivity contribution in [3.05, 3.63) is 32.8 Å². The zero-order chi connectivity index (χ0) is 14.2.